The molecule has 6 aromatic rings. The maximum atomic E-state index is 13.5. The molecule has 2 heterocycles. The van der Waals surface area contributed by atoms with Gasteiger partial charge in [-0.05, 0) is 48.7 Å². The third kappa shape index (κ3) is 4.44. The third-order valence-electron chi connectivity index (χ3n) is 6.55. The Labute approximate surface area is 229 Å². The Kier molecular flexibility index (Phi) is 6.62. The summed E-state index contributed by atoms with van der Waals surface area (Å²) in [6.45, 7) is 2.56. The van der Waals surface area contributed by atoms with Crippen LogP contribution in [-0.2, 0) is 4.79 Å². The van der Waals surface area contributed by atoms with Crippen molar-refractivity contribution in [3.63, 3.8) is 0 Å². The molecule has 0 aliphatic carbocycles. The van der Waals surface area contributed by atoms with Crippen LogP contribution in [-0.4, -0.2) is 38.0 Å². The molecule has 0 spiro atoms. The zero-order chi connectivity index (χ0) is 26.1. The van der Waals surface area contributed by atoms with E-state index in [9.17, 15) is 4.79 Å². The smallest absolute Gasteiger partial charge is 0.237 e. The second kappa shape index (κ2) is 10.4. The number of rotatable bonds is 7. The number of anilines is 1. The van der Waals surface area contributed by atoms with Gasteiger partial charge >= 0.3 is 0 Å². The van der Waals surface area contributed by atoms with E-state index >= 15 is 0 Å². The summed E-state index contributed by atoms with van der Waals surface area (Å²) in [5.74, 6) is 0.922. The van der Waals surface area contributed by atoms with Gasteiger partial charge in [0.1, 0.15) is 0 Å². The van der Waals surface area contributed by atoms with E-state index < -0.39 is 0 Å². The number of amides is 1. The molecule has 0 fully saturated rings. The van der Waals surface area contributed by atoms with E-state index in [1.54, 1.807) is 0 Å². The lowest BCUT2D eigenvalue weighted by atomic mass is 10.1. The van der Waals surface area contributed by atoms with Crippen LogP contribution < -0.4 is 4.90 Å². The van der Waals surface area contributed by atoms with Crippen molar-refractivity contribution in [3.8, 4) is 17.1 Å². The molecule has 0 unspecified atom stereocenters. The number of carbonyl (C=O) groups excluding carboxylic acids is 1. The van der Waals surface area contributed by atoms with Gasteiger partial charge in [0.05, 0.1) is 11.4 Å². The van der Waals surface area contributed by atoms with Crippen LogP contribution in [0, 0.1) is 0 Å². The van der Waals surface area contributed by atoms with Crippen molar-refractivity contribution in [3.05, 3.63) is 102 Å². The highest BCUT2D eigenvalue weighted by molar-refractivity contribution is 7.99. The first-order valence-corrected chi connectivity index (χ1v) is 13.7. The lowest BCUT2D eigenvalue weighted by Crippen LogP contribution is -2.32. The Morgan fingerprint density at radius 1 is 0.921 bits per heavy atom. The van der Waals surface area contributed by atoms with Crippen LogP contribution in [0.4, 0.5) is 5.69 Å². The Hall–Kier alpha value is -4.07. The highest BCUT2D eigenvalue weighted by atomic mass is 35.5. The first kappa shape index (κ1) is 24.3. The summed E-state index contributed by atoms with van der Waals surface area (Å²) >= 11 is 7.56. The van der Waals surface area contributed by atoms with Crippen molar-refractivity contribution in [1.82, 2.24) is 19.7 Å². The summed E-state index contributed by atoms with van der Waals surface area (Å²) in [5, 5.41) is 13.6. The van der Waals surface area contributed by atoms with E-state index in [1.165, 1.54) is 11.8 Å². The molecule has 6 nitrogen and oxygen atoms in total. The summed E-state index contributed by atoms with van der Waals surface area (Å²) in [6.07, 6.45) is 1.94. The largest absolute Gasteiger partial charge is 0.360 e. The molecular weight excluding hydrogens is 514 g/mol. The standard InChI is InChI=1S/C30H24ClN5OS/c1-2-35(27-13-7-9-20-8-3-4-10-23(20)27)28(37)19-38-30-34-33-29(36(30)22-16-14-21(31)15-17-22)25-18-32-26-12-6-5-11-24(25)26/h3-18,32H,2,19H2,1H3. The number of hydrogen-bond acceptors (Lipinski definition) is 4. The van der Waals surface area contributed by atoms with E-state index in [4.69, 9.17) is 11.6 Å². The molecule has 1 N–H and O–H groups in total. The van der Waals surface area contributed by atoms with Crippen LogP contribution in [0.3, 0.4) is 0 Å². The number of nitrogens with zero attached hydrogens (tertiary/aromatic N) is 4. The van der Waals surface area contributed by atoms with Gasteiger partial charge in [-0.25, -0.2) is 0 Å². The number of para-hydroxylation sites is 1. The highest BCUT2D eigenvalue weighted by Crippen LogP contribution is 2.33. The fourth-order valence-corrected chi connectivity index (χ4v) is 5.70. The van der Waals surface area contributed by atoms with E-state index in [2.05, 4.69) is 39.4 Å². The molecule has 0 bridgehead atoms. The minimum atomic E-state index is 0.00755. The SMILES string of the molecule is CCN(C(=O)CSc1nnc(-c2c[nH]c3ccccc23)n1-c1ccc(Cl)cc1)c1cccc2ccccc12. The van der Waals surface area contributed by atoms with Crippen molar-refractivity contribution in [2.45, 2.75) is 12.1 Å². The molecule has 8 heteroatoms. The van der Waals surface area contributed by atoms with Gasteiger partial charge in [-0.3, -0.25) is 9.36 Å². The average Bonchev–Trinajstić information content (AvgIpc) is 3.57. The second-order valence-electron chi connectivity index (χ2n) is 8.79. The van der Waals surface area contributed by atoms with Gasteiger partial charge in [-0.15, -0.1) is 10.2 Å². The van der Waals surface area contributed by atoms with Gasteiger partial charge < -0.3 is 9.88 Å². The van der Waals surface area contributed by atoms with Crippen molar-refractivity contribution >= 4 is 56.6 Å². The number of thioether (sulfide) groups is 1. The maximum absolute atomic E-state index is 13.5. The van der Waals surface area contributed by atoms with Crippen molar-refractivity contribution in [2.75, 3.05) is 17.2 Å². The Morgan fingerprint density at radius 3 is 2.47 bits per heavy atom. The number of hydrogen-bond donors (Lipinski definition) is 1. The van der Waals surface area contributed by atoms with E-state index in [1.807, 2.05) is 89.3 Å². The van der Waals surface area contributed by atoms with Crippen LogP contribution in [0.2, 0.25) is 5.02 Å². The maximum Gasteiger partial charge on any atom is 0.237 e. The summed E-state index contributed by atoms with van der Waals surface area (Å²) in [7, 11) is 0. The molecule has 0 aliphatic heterocycles. The summed E-state index contributed by atoms with van der Waals surface area (Å²) in [6, 6.07) is 29.8. The highest BCUT2D eigenvalue weighted by Gasteiger charge is 2.22. The van der Waals surface area contributed by atoms with E-state index in [0.29, 0.717) is 22.5 Å². The first-order valence-electron chi connectivity index (χ1n) is 12.3. The zero-order valence-electron chi connectivity index (χ0n) is 20.6. The number of carbonyl (C=O) groups is 1. The zero-order valence-corrected chi connectivity index (χ0v) is 22.2. The molecule has 0 radical (unpaired) electrons. The van der Waals surface area contributed by atoms with Crippen LogP contribution >= 0.6 is 23.4 Å². The number of aromatic nitrogens is 4. The van der Waals surface area contributed by atoms with Gasteiger partial charge in [0.25, 0.3) is 0 Å². The Balaban J connectivity index is 1.35. The Bertz CT molecular complexity index is 1750. The fourth-order valence-electron chi connectivity index (χ4n) is 4.75. The van der Waals surface area contributed by atoms with Gasteiger partial charge in [0.15, 0.2) is 11.0 Å². The normalized spacial score (nSPS) is 11.3. The van der Waals surface area contributed by atoms with E-state index in [0.717, 1.165) is 38.6 Å². The van der Waals surface area contributed by atoms with Gasteiger partial charge in [-0.1, -0.05) is 78.0 Å². The van der Waals surface area contributed by atoms with E-state index in [-0.39, 0.29) is 11.7 Å². The van der Waals surface area contributed by atoms with Gasteiger partial charge in [0.2, 0.25) is 5.91 Å². The molecule has 0 saturated carbocycles. The number of aromatic amines is 1. The summed E-state index contributed by atoms with van der Waals surface area (Å²) < 4.78 is 1.98. The van der Waals surface area contributed by atoms with Crippen LogP contribution in [0.15, 0.2) is 102 Å². The van der Waals surface area contributed by atoms with Crippen LogP contribution in [0.5, 0.6) is 0 Å². The lowest BCUT2D eigenvalue weighted by Gasteiger charge is -2.22. The third-order valence-corrected chi connectivity index (χ3v) is 7.71. The van der Waals surface area contributed by atoms with Crippen molar-refractivity contribution < 1.29 is 4.79 Å². The number of benzene rings is 4. The number of halogens is 1. The molecule has 6 rings (SSSR count). The summed E-state index contributed by atoms with van der Waals surface area (Å²) in [4.78, 5) is 18.7. The average molecular weight is 538 g/mol. The topological polar surface area (TPSA) is 66.8 Å². The number of fused-ring (bicyclic) bond motifs is 2. The molecule has 0 aliphatic rings. The minimum Gasteiger partial charge on any atom is -0.360 e. The predicted molar refractivity (Wildman–Crippen MR) is 156 cm³/mol. The molecule has 0 atom stereocenters. The molecular formula is C30H24ClN5OS. The first-order chi connectivity index (χ1) is 18.6. The monoisotopic (exact) mass is 537 g/mol. The molecule has 4 aromatic carbocycles. The molecule has 2 aromatic heterocycles. The molecule has 188 valence electrons. The molecule has 1 amide bonds. The summed E-state index contributed by atoms with van der Waals surface area (Å²) in [5.41, 5.74) is 3.74. The lowest BCUT2D eigenvalue weighted by molar-refractivity contribution is -0.116. The number of nitrogens with one attached hydrogen (secondary N) is 1. The minimum absolute atomic E-state index is 0.00755. The quantitative estimate of drug-likeness (QED) is 0.216. The fraction of sp³-hybridized carbons (Fsp3) is 0.100. The van der Waals surface area contributed by atoms with Crippen LogP contribution in [0.25, 0.3) is 38.8 Å². The molecule has 38 heavy (non-hydrogen) atoms. The number of H-pyrrole nitrogens is 1. The van der Waals surface area contributed by atoms with Gasteiger partial charge in [0, 0.05) is 45.3 Å². The van der Waals surface area contributed by atoms with Gasteiger partial charge in [-0.2, -0.15) is 0 Å². The molecule has 0 saturated heterocycles. The second-order valence-corrected chi connectivity index (χ2v) is 10.2. The van der Waals surface area contributed by atoms with Crippen molar-refractivity contribution in [1.29, 1.82) is 0 Å². The Morgan fingerprint density at radius 2 is 1.66 bits per heavy atom. The predicted octanol–water partition coefficient (Wildman–Crippen LogP) is 7.37. The van der Waals surface area contributed by atoms with Crippen LogP contribution in [0.1, 0.15) is 6.92 Å². The van der Waals surface area contributed by atoms with Crippen molar-refractivity contribution in [2.24, 2.45) is 0 Å².